The molecule has 24 heavy (non-hydrogen) atoms. The molecule has 0 amide bonds. The number of nitrogens with one attached hydrogen (secondary N) is 1. The van der Waals surface area contributed by atoms with Crippen LogP contribution in [-0.4, -0.2) is 76.4 Å². The highest BCUT2D eigenvalue weighted by Crippen LogP contribution is 2.35. The molecule has 2 aliphatic rings. The number of ether oxygens (including phenoxy) is 3. The molecule has 0 saturated carbocycles. The molecule has 2 aliphatic heterocycles. The average molecular weight is 335 g/mol. The van der Waals surface area contributed by atoms with Crippen molar-refractivity contribution in [1.82, 2.24) is 15.1 Å². The molecule has 6 nitrogen and oxygen atoms in total. The highest BCUT2D eigenvalue weighted by molar-refractivity contribution is 5.50. The molecule has 0 aromatic heterocycles. The van der Waals surface area contributed by atoms with Crippen molar-refractivity contribution in [3.05, 3.63) is 17.7 Å². The van der Waals surface area contributed by atoms with Crippen LogP contribution in [0.5, 0.6) is 17.2 Å². The quantitative estimate of drug-likeness (QED) is 0.843. The number of nitrogens with zero attached hydrogens (tertiary/aromatic N) is 2. The first-order valence-corrected chi connectivity index (χ1v) is 8.71. The molecule has 0 spiro atoms. The number of hydrogen-bond donors (Lipinski definition) is 1. The van der Waals surface area contributed by atoms with E-state index in [-0.39, 0.29) is 0 Å². The minimum absolute atomic E-state index is 0.705. The number of piperazine rings is 1. The van der Waals surface area contributed by atoms with Gasteiger partial charge in [0.15, 0.2) is 11.5 Å². The van der Waals surface area contributed by atoms with Crippen molar-refractivity contribution in [3.8, 4) is 17.2 Å². The van der Waals surface area contributed by atoms with E-state index in [1.807, 2.05) is 12.1 Å². The van der Waals surface area contributed by atoms with E-state index in [0.29, 0.717) is 5.75 Å². The largest absolute Gasteiger partial charge is 0.496 e. The van der Waals surface area contributed by atoms with Crippen molar-refractivity contribution >= 4 is 0 Å². The van der Waals surface area contributed by atoms with Gasteiger partial charge in [0.25, 0.3) is 0 Å². The second-order valence-electron chi connectivity index (χ2n) is 6.48. The maximum Gasteiger partial charge on any atom is 0.164 e. The van der Waals surface area contributed by atoms with Crippen LogP contribution in [0.4, 0.5) is 0 Å². The molecule has 1 N–H and O–H groups in total. The molecule has 0 bridgehead atoms. The Labute approximate surface area is 144 Å². The predicted molar refractivity (Wildman–Crippen MR) is 94.2 cm³/mol. The summed E-state index contributed by atoms with van der Waals surface area (Å²) in [5.74, 6) is 2.32. The summed E-state index contributed by atoms with van der Waals surface area (Å²) in [6, 6.07) is 4.67. The fourth-order valence-electron chi connectivity index (χ4n) is 3.69. The standard InChI is InChI=1S/C18H29N3O3/c1-22-16-11-18(24-3)17(23-2)10-14(16)13-20-6-8-21(9-7-20)15-4-5-19-12-15/h10-11,15,19H,4-9,12-13H2,1-3H3. The summed E-state index contributed by atoms with van der Waals surface area (Å²) < 4.78 is 16.3. The third-order valence-corrected chi connectivity index (χ3v) is 5.14. The van der Waals surface area contributed by atoms with Crippen molar-refractivity contribution < 1.29 is 14.2 Å². The molecule has 2 fully saturated rings. The van der Waals surface area contributed by atoms with E-state index in [2.05, 4.69) is 15.1 Å². The van der Waals surface area contributed by atoms with Crippen molar-refractivity contribution in [2.45, 2.75) is 19.0 Å². The Hall–Kier alpha value is -1.50. The van der Waals surface area contributed by atoms with Crippen LogP contribution in [0.2, 0.25) is 0 Å². The molecule has 6 heteroatoms. The second kappa shape index (κ2) is 8.05. The molecule has 0 aliphatic carbocycles. The first-order valence-electron chi connectivity index (χ1n) is 8.71. The van der Waals surface area contributed by atoms with Crippen LogP contribution in [0.1, 0.15) is 12.0 Å². The SMILES string of the molecule is COc1cc(OC)c(OC)cc1CN1CCN(C2CCNC2)CC1. The summed E-state index contributed by atoms with van der Waals surface area (Å²) in [6.45, 7) is 7.64. The van der Waals surface area contributed by atoms with Crippen LogP contribution in [0, 0.1) is 0 Å². The van der Waals surface area contributed by atoms with Gasteiger partial charge >= 0.3 is 0 Å². The van der Waals surface area contributed by atoms with Gasteiger partial charge in [-0.2, -0.15) is 0 Å². The van der Waals surface area contributed by atoms with Gasteiger partial charge in [0.05, 0.1) is 21.3 Å². The van der Waals surface area contributed by atoms with Gasteiger partial charge in [-0.15, -0.1) is 0 Å². The number of methoxy groups -OCH3 is 3. The normalized spacial score (nSPS) is 22.5. The molecule has 3 rings (SSSR count). The summed E-state index contributed by atoms with van der Waals surface area (Å²) in [7, 11) is 5.02. The maximum atomic E-state index is 5.55. The van der Waals surface area contributed by atoms with Gasteiger partial charge in [0.2, 0.25) is 0 Å². The van der Waals surface area contributed by atoms with Crippen LogP contribution in [0.3, 0.4) is 0 Å². The monoisotopic (exact) mass is 335 g/mol. The lowest BCUT2D eigenvalue weighted by atomic mass is 10.1. The third kappa shape index (κ3) is 3.77. The minimum atomic E-state index is 0.705. The number of hydrogen-bond acceptors (Lipinski definition) is 6. The third-order valence-electron chi connectivity index (χ3n) is 5.14. The Bertz CT molecular complexity index is 539. The van der Waals surface area contributed by atoms with E-state index in [1.54, 1.807) is 21.3 Å². The van der Waals surface area contributed by atoms with E-state index in [9.17, 15) is 0 Å². The van der Waals surface area contributed by atoms with E-state index in [4.69, 9.17) is 14.2 Å². The summed E-state index contributed by atoms with van der Waals surface area (Å²) in [4.78, 5) is 5.12. The molecule has 1 unspecified atom stereocenters. The molecule has 2 heterocycles. The van der Waals surface area contributed by atoms with Crippen LogP contribution in [0.15, 0.2) is 12.1 Å². The van der Waals surface area contributed by atoms with Crippen molar-refractivity contribution in [2.24, 2.45) is 0 Å². The van der Waals surface area contributed by atoms with Crippen LogP contribution in [-0.2, 0) is 6.54 Å². The van der Waals surface area contributed by atoms with Gasteiger partial charge in [0, 0.05) is 56.9 Å². The summed E-state index contributed by atoms with van der Waals surface area (Å²) in [5, 5.41) is 3.46. The Morgan fingerprint density at radius 3 is 2.21 bits per heavy atom. The maximum absolute atomic E-state index is 5.55. The van der Waals surface area contributed by atoms with E-state index >= 15 is 0 Å². The Balaban J connectivity index is 1.63. The van der Waals surface area contributed by atoms with Gasteiger partial charge < -0.3 is 19.5 Å². The van der Waals surface area contributed by atoms with Crippen LogP contribution >= 0.6 is 0 Å². The first kappa shape index (κ1) is 17.3. The van der Waals surface area contributed by atoms with Gasteiger partial charge in [-0.25, -0.2) is 0 Å². The molecule has 0 radical (unpaired) electrons. The predicted octanol–water partition coefficient (Wildman–Crippen LogP) is 1.19. The average Bonchev–Trinajstić information content (AvgIpc) is 3.16. The van der Waals surface area contributed by atoms with Gasteiger partial charge in [-0.05, 0) is 19.0 Å². The summed E-state index contributed by atoms with van der Waals surface area (Å²) in [6.07, 6.45) is 1.28. The van der Waals surface area contributed by atoms with Crippen molar-refractivity contribution in [1.29, 1.82) is 0 Å². The van der Waals surface area contributed by atoms with E-state index < -0.39 is 0 Å². The molecule has 1 aromatic carbocycles. The first-order chi connectivity index (χ1) is 11.7. The molecule has 134 valence electrons. The zero-order valence-electron chi connectivity index (χ0n) is 15.0. The number of benzene rings is 1. The topological polar surface area (TPSA) is 46.2 Å². The molecule has 1 aromatic rings. The summed E-state index contributed by atoms with van der Waals surface area (Å²) in [5.41, 5.74) is 1.14. The molecule has 2 saturated heterocycles. The van der Waals surface area contributed by atoms with Crippen molar-refractivity contribution in [2.75, 3.05) is 60.6 Å². The zero-order chi connectivity index (χ0) is 16.9. The fourth-order valence-corrected chi connectivity index (χ4v) is 3.69. The zero-order valence-corrected chi connectivity index (χ0v) is 15.0. The summed E-state index contributed by atoms with van der Waals surface area (Å²) >= 11 is 0. The lowest BCUT2D eigenvalue weighted by molar-refractivity contribution is 0.0975. The highest BCUT2D eigenvalue weighted by atomic mass is 16.5. The van der Waals surface area contributed by atoms with Crippen LogP contribution < -0.4 is 19.5 Å². The Morgan fingerprint density at radius 1 is 0.958 bits per heavy atom. The van der Waals surface area contributed by atoms with E-state index in [0.717, 1.165) is 68.9 Å². The van der Waals surface area contributed by atoms with Crippen molar-refractivity contribution in [3.63, 3.8) is 0 Å². The Morgan fingerprint density at radius 2 is 1.62 bits per heavy atom. The second-order valence-corrected chi connectivity index (χ2v) is 6.48. The minimum Gasteiger partial charge on any atom is -0.496 e. The van der Waals surface area contributed by atoms with Gasteiger partial charge in [0.1, 0.15) is 5.75 Å². The lowest BCUT2D eigenvalue weighted by Crippen LogP contribution is -2.50. The highest BCUT2D eigenvalue weighted by Gasteiger charge is 2.26. The van der Waals surface area contributed by atoms with Gasteiger partial charge in [-0.1, -0.05) is 0 Å². The fraction of sp³-hybridized carbons (Fsp3) is 0.667. The molecular weight excluding hydrogens is 306 g/mol. The van der Waals surface area contributed by atoms with E-state index in [1.165, 1.54) is 6.42 Å². The number of rotatable bonds is 6. The Kier molecular flexibility index (Phi) is 5.81. The molecule has 1 atom stereocenters. The smallest absolute Gasteiger partial charge is 0.164 e. The molecular formula is C18H29N3O3. The van der Waals surface area contributed by atoms with Crippen LogP contribution in [0.25, 0.3) is 0 Å². The lowest BCUT2D eigenvalue weighted by Gasteiger charge is -2.38. The van der Waals surface area contributed by atoms with Gasteiger partial charge in [-0.3, -0.25) is 9.80 Å².